The van der Waals surface area contributed by atoms with Crippen molar-refractivity contribution in [1.82, 2.24) is 4.90 Å². The number of piperidine rings is 1. The van der Waals surface area contributed by atoms with Gasteiger partial charge in [-0.1, -0.05) is 29.8 Å². The third kappa shape index (κ3) is 4.25. The largest absolute Gasteiger partial charge is 0.466 e. The van der Waals surface area contributed by atoms with E-state index in [9.17, 15) is 9.59 Å². The van der Waals surface area contributed by atoms with Crippen molar-refractivity contribution >= 4 is 40.6 Å². The minimum atomic E-state index is -0.114. The van der Waals surface area contributed by atoms with Gasteiger partial charge in [-0.3, -0.25) is 19.4 Å². The first-order valence-electron chi connectivity index (χ1n) is 10.2. The van der Waals surface area contributed by atoms with Crippen LogP contribution >= 0.6 is 11.6 Å². The van der Waals surface area contributed by atoms with Gasteiger partial charge in [-0.15, -0.1) is 0 Å². The Hall–Kier alpha value is -2.70. The van der Waals surface area contributed by atoms with Crippen LogP contribution in [-0.4, -0.2) is 48.9 Å². The Kier molecular flexibility index (Phi) is 6.16. The first-order chi connectivity index (χ1) is 14.6. The number of rotatable bonds is 5. The van der Waals surface area contributed by atoms with E-state index in [1.54, 1.807) is 29.2 Å². The van der Waals surface area contributed by atoms with Crippen molar-refractivity contribution < 1.29 is 14.3 Å². The molecule has 1 saturated heterocycles. The van der Waals surface area contributed by atoms with E-state index in [1.807, 2.05) is 31.2 Å². The minimum Gasteiger partial charge on any atom is -0.466 e. The summed E-state index contributed by atoms with van der Waals surface area (Å²) in [5.41, 5.74) is 2.82. The van der Waals surface area contributed by atoms with Crippen molar-refractivity contribution in [2.24, 2.45) is 10.9 Å². The SMILES string of the molecule is CCOC(=O)C1CCN(CN2C(=O)C(=Nc3ccc(Cl)cc3)c3ccccc32)CC1. The molecule has 0 bridgehead atoms. The Balaban J connectivity index is 1.50. The molecule has 7 heteroatoms. The molecule has 0 unspecified atom stereocenters. The fourth-order valence-electron chi connectivity index (χ4n) is 3.93. The van der Waals surface area contributed by atoms with E-state index in [2.05, 4.69) is 9.89 Å². The van der Waals surface area contributed by atoms with Gasteiger partial charge in [0.15, 0.2) is 0 Å². The first kappa shape index (κ1) is 20.6. The third-order valence-electron chi connectivity index (χ3n) is 5.51. The molecular formula is C23H24ClN3O3. The highest BCUT2D eigenvalue weighted by Gasteiger charge is 2.36. The van der Waals surface area contributed by atoms with Crippen LogP contribution in [-0.2, 0) is 14.3 Å². The Bertz CT molecular complexity index is 966. The molecule has 2 aliphatic heterocycles. The second-order valence-corrected chi connectivity index (χ2v) is 7.91. The lowest BCUT2D eigenvalue weighted by atomic mass is 9.97. The zero-order valence-electron chi connectivity index (χ0n) is 16.9. The number of carbonyl (C=O) groups is 2. The van der Waals surface area contributed by atoms with Gasteiger partial charge in [-0.2, -0.15) is 0 Å². The fourth-order valence-corrected chi connectivity index (χ4v) is 4.05. The molecule has 1 fully saturated rings. The maximum Gasteiger partial charge on any atom is 0.309 e. The zero-order valence-corrected chi connectivity index (χ0v) is 17.6. The Morgan fingerprint density at radius 3 is 2.53 bits per heavy atom. The number of ether oxygens (including phenoxy) is 1. The summed E-state index contributed by atoms with van der Waals surface area (Å²) in [7, 11) is 0. The highest BCUT2D eigenvalue weighted by atomic mass is 35.5. The van der Waals surface area contributed by atoms with Gasteiger partial charge in [-0.25, -0.2) is 4.99 Å². The molecule has 156 valence electrons. The molecule has 0 aromatic heterocycles. The molecule has 0 atom stereocenters. The van der Waals surface area contributed by atoms with Crippen molar-refractivity contribution in [3.8, 4) is 0 Å². The molecule has 30 heavy (non-hydrogen) atoms. The molecule has 6 nitrogen and oxygen atoms in total. The highest BCUT2D eigenvalue weighted by Crippen LogP contribution is 2.32. The van der Waals surface area contributed by atoms with E-state index >= 15 is 0 Å². The lowest BCUT2D eigenvalue weighted by Gasteiger charge is -2.33. The van der Waals surface area contributed by atoms with Gasteiger partial charge < -0.3 is 4.74 Å². The second kappa shape index (κ2) is 8.98. The molecule has 0 aliphatic carbocycles. The lowest BCUT2D eigenvalue weighted by molar-refractivity contribution is -0.149. The number of esters is 1. The molecule has 4 rings (SSSR count). The smallest absolute Gasteiger partial charge is 0.309 e. The van der Waals surface area contributed by atoms with Gasteiger partial charge in [0.25, 0.3) is 5.91 Å². The molecule has 2 aliphatic rings. The van der Waals surface area contributed by atoms with E-state index < -0.39 is 0 Å². The summed E-state index contributed by atoms with van der Waals surface area (Å²) < 4.78 is 5.15. The van der Waals surface area contributed by atoms with Crippen LogP contribution in [0.3, 0.4) is 0 Å². The van der Waals surface area contributed by atoms with Crippen LogP contribution < -0.4 is 4.90 Å². The second-order valence-electron chi connectivity index (χ2n) is 7.47. The summed E-state index contributed by atoms with van der Waals surface area (Å²) in [6.07, 6.45) is 1.49. The van der Waals surface area contributed by atoms with Crippen molar-refractivity contribution in [3.63, 3.8) is 0 Å². The maximum atomic E-state index is 13.2. The van der Waals surface area contributed by atoms with E-state index in [4.69, 9.17) is 16.3 Å². The van der Waals surface area contributed by atoms with Crippen LogP contribution in [0.15, 0.2) is 53.5 Å². The topological polar surface area (TPSA) is 62.2 Å². The van der Waals surface area contributed by atoms with Crippen molar-refractivity contribution in [3.05, 3.63) is 59.1 Å². The number of para-hydroxylation sites is 1. The van der Waals surface area contributed by atoms with Crippen molar-refractivity contribution in [2.75, 3.05) is 31.3 Å². The van der Waals surface area contributed by atoms with Gasteiger partial charge in [0, 0.05) is 23.7 Å². The van der Waals surface area contributed by atoms with Gasteiger partial charge >= 0.3 is 5.97 Å². The average Bonchev–Trinajstić information content (AvgIpc) is 3.02. The number of halogens is 1. The summed E-state index contributed by atoms with van der Waals surface area (Å²) in [4.78, 5) is 33.8. The molecule has 0 spiro atoms. The quantitative estimate of drug-likeness (QED) is 0.678. The number of aliphatic imine (C=N–C) groups is 1. The van der Waals surface area contributed by atoms with Crippen LogP contribution in [0.1, 0.15) is 25.3 Å². The van der Waals surface area contributed by atoms with Crippen molar-refractivity contribution in [2.45, 2.75) is 19.8 Å². The van der Waals surface area contributed by atoms with E-state index in [-0.39, 0.29) is 17.8 Å². The molecule has 0 saturated carbocycles. The molecule has 2 aromatic carbocycles. The molecule has 0 N–H and O–H groups in total. The fraction of sp³-hybridized carbons (Fsp3) is 0.348. The van der Waals surface area contributed by atoms with Crippen LogP contribution in [0.25, 0.3) is 0 Å². The minimum absolute atomic E-state index is 0.0511. The standard InChI is InChI=1S/C23H24ClN3O3/c1-2-30-23(29)16-11-13-26(14-12-16)15-27-20-6-4-3-5-19(20)21(22(27)28)25-18-9-7-17(24)8-10-18/h3-10,16H,2,11-15H2,1H3. The number of nitrogens with zero attached hydrogens (tertiary/aromatic N) is 3. The number of hydrogen-bond donors (Lipinski definition) is 0. The summed E-state index contributed by atoms with van der Waals surface area (Å²) in [5, 5.41) is 0.630. The normalized spacial score (nSPS) is 18.7. The van der Waals surface area contributed by atoms with Crippen LogP contribution in [0.4, 0.5) is 11.4 Å². The summed E-state index contributed by atoms with van der Waals surface area (Å²) in [6, 6.07) is 14.8. The number of amides is 1. The molecule has 1 amide bonds. The van der Waals surface area contributed by atoms with Crippen LogP contribution in [0.5, 0.6) is 0 Å². The molecule has 0 radical (unpaired) electrons. The predicted molar refractivity (Wildman–Crippen MR) is 117 cm³/mol. The predicted octanol–water partition coefficient (Wildman–Crippen LogP) is 4.04. The maximum absolute atomic E-state index is 13.2. The molecular weight excluding hydrogens is 402 g/mol. The molecule has 2 heterocycles. The van der Waals surface area contributed by atoms with Gasteiger partial charge in [0.2, 0.25) is 0 Å². The lowest BCUT2D eigenvalue weighted by Crippen LogP contribution is -2.45. The van der Waals surface area contributed by atoms with Gasteiger partial charge in [0.05, 0.1) is 30.6 Å². The number of likely N-dealkylation sites (tertiary alicyclic amines) is 1. The van der Waals surface area contributed by atoms with Crippen molar-refractivity contribution in [1.29, 1.82) is 0 Å². The number of hydrogen-bond acceptors (Lipinski definition) is 5. The van der Waals surface area contributed by atoms with Gasteiger partial charge in [0.1, 0.15) is 5.71 Å². The van der Waals surface area contributed by atoms with Gasteiger partial charge in [-0.05, 0) is 50.1 Å². The van der Waals surface area contributed by atoms with E-state index in [1.165, 1.54) is 0 Å². The highest BCUT2D eigenvalue weighted by molar-refractivity contribution is 6.54. The monoisotopic (exact) mass is 425 g/mol. The van der Waals surface area contributed by atoms with Crippen LogP contribution in [0.2, 0.25) is 5.02 Å². The van der Waals surface area contributed by atoms with E-state index in [0.717, 1.165) is 37.2 Å². The average molecular weight is 426 g/mol. The summed E-state index contributed by atoms with van der Waals surface area (Å²) in [5.74, 6) is -0.277. The van der Waals surface area contributed by atoms with E-state index in [0.29, 0.717) is 29.7 Å². The Morgan fingerprint density at radius 1 is 1.13 bits per heavy atom. The molecule has 2 aromatic rings. The number of fused-ring (bicyclic) bond motifs is 1. The Morgan fingerprint density at radius 2 is 1.83 bits per heavy atom. The zero-order chi connectivity index (χ0) is 21.1. The number of benzene rings is 2. The van der Waals surface area contributed by atoms with Crippen LogP contribution in [0, 0.1) is 5.92 Å². The first-order valence-corrected chi connectivity index (χ1v) is 10.6. The third-order valence-corrected chi connectivity index (χ3v) is 5.77. The number of carbonyl (C=O) groups excluding carboxylic acids is 2. The summed E-state index contributed by atoms with van der Waals surface area (Å²) in [6.45, 7) is 4.21. The number of anilines is 1. The Labute approximate surface area is 181 Å². The summed E-state index contributed by atoms with van der Waals surface area (Å²) >= 11 is 5.96.